The Morgan fingerprint density at radius 2 is 1.33 bits per heavy atom. The van der Waals surface area contributed by atoms with E-state index in [1.165, 1.54) is 0 Å². The molecule has 2 rings (SSSR count). The van der Waals surface area contributed by atoms with Crippen LogP contribution in [0.5, 0.6) is 0 Å². The molecule has 0 aliphatic carbocycles. The van der Waals surface area contributed by atoms with Crippen molar-refractivity contribution in [1.29, 1.82) is 0 Å². The van der Waals surface area contributed by atoms with Gasteiger partial charge in [0.15, 0.2) is 0 Å². The summed E-state index contributed by atoms with van der Waals surface area (Å²) in [5.74, 6) is 0. The van der Waals surface area contributed by atoms with E-state index in [0.29, 0.717) is 0 Å². The fourth-order valence-corrected chi connectivity index (χ4v) is 1.08. The number of nitrogens with one attached hydrogen (secondary N) is 2. The van der Waals surface area contributed by atoms with Crippen molar-refractivity contribution in [3.8, 4) is 0 Å². The highest BCUT2D eigenvalue weighted by atomic mass is 14.7. The second-order valence-corrected chi connectivity index (χ2v) is 2.58. The monoisotopic (exact) mass is 158 g/mol. The molecule has 2 heteroatoms. The molecule has 0 saturated heterocycles. The predicted octanol–water partition coefficient (Wildman–Crippen LogP) is 2.51. The Morgan fingerprint density at radius 1 is 0.833 bits per heavy atom. The van der Waals surface area contributed by atoms with Crippen LogP contribution in [0.3, 0.4) is 0 Å². The average Bonchev–Trinajstić information content (AvgIpc) is 2.74. The molecule has 2 nitrogen and oxygen atoms in total. The van der Waals surface area contributed by atoms with Crippen molar-refractivity contribution < 1.29 is 0 Å². The third-order valence-electron chi connectivity index (χ3n) is 1.69. The molecular weight excluding hydrogens is 148 g/mol. The summed E-state index contributed by atoms with van der Waals surface area (Å²) < 4.78 is 0. The maximum absolute atomic E-state index is 3.10. The maximum Gasteiger partial charge on any atom is 0.0381 e. The van der Waals surface area contributed by atoms with Crippen LogP contribution in [0.15, 0.2) is 36.7 Å². The van der Waals surface area contributed by atoms with E-state index in [9.17, 15) is 0 Å². The molecule has 0 aliphatic heterocycles. The molecule has 0 amide bonds. The molecule has 0 spiro atoms. The van der Waals surface area contributed by atoms with Crippen molar-refractivity contribution in [2.45, 2.75) is 0 Å². The van der Waals surface area contributed by atoms with E-state index in [1.54, 1.807) is 0 Å². The van der Waals surface area contributed by atoms with Gasteiger partial charge in [0, 0.05) is 23.8 Å². The number of H-pyrrole nitrogens is 2. The molecule has 2 heterocycles. The molecule has 2 aromatic heterocycles. The molecule has 0 unspecified atom stereocenters. The number of rotatable bonds is 2. The lowest BCUT2D eigenvalue weighted by atomic mass is 10.3. The van der Waals surface area contributed by atoms with E-state index in [0.717, 1.165) is 11.4 Å². The van der Waals surface area contributed by atoms with E-state index in [2.05, 4.69) is 9.97 Å². The fraction of sp³-hybridized carbons (Fsp3) is 0. The first-order valence-corrected chi connectivity index (χ1v) is 3.90. The van der Waals surface area contributed by atoms with Crippen molar-refractivity contribution in [2.24, 2.45) is 0 Å². The van der Waals surface area contributed by atoms with Crippen LogP contribution in [0.1, 0.15) is 11.4 Å². The molecule has 2 N–H and O–H groups in total. The van der Waals surface area contributed by atoms with Crippen LogP contribution in [0.4, 0.5) is 0 Å². The summed E-state index contributed by atoms with van der Waals surface area (Å²) >= 11 is 0. The lowest BCUT2D eigenvalue weighted by molar-refractivity contribution is 1.36. The van der Waals surface area contributed by atoms with E-state index in [-0.39, 0.29) is 0 Å². The van der Waals surface area contributed by atoms with Gasteiger partial charge in [-0.25, -0.2) is 0 Å². The van der Waals surface area contributed by atoms with Crippen molar-refractivity contribution in [1.82, 2.24) is 9.97 Å². The Bertz CT molecular complexity index is 305. The number of aromatic amines is 2. The van der Waals surface area contributed by atoms with Crippen molar-refractivity contribution in [2.75, 3.05) is 0 Å². The van der Waals surface area contributed by atoms with Crippen molar-refractivity contribution in [3.05, 3.63) is 48.0 Å². The first kappa shape index (κ1) is 6.98. The van der Waals surface area contributed by atoms with Gasteiger partial charge in [0.05, 0.1) is 0 Å². The standard InChI is InChI=1S/C10H10N2/c1-3-9(11-7-1)5-6-10-4-2-8-12-10/h1-8,11-12H. The summed E-state index contributed by atoms with van der Waals surface area (Å²) in [7, 11) is 0. The number of hydrogen-bond donors (Lipinski definition) is 2. The Labute approximate surface area is 70.9 Å². The van der Waals surface area contributed by atoms with Crippen LogP contribution in [-0.4, -0.2) is 9.97 Å². The molecule has 0 aromatic carbocycles. The average molecular weight is 158 g/mol. The van der Waals surface area contributed by atoms with Gasteiger partial charge in [0.1, 0.15) is 0 Å². The molecule has 0 fully saturated rings. The normalized spacial score (nSPS) is 11.0. The molecule has 2 aromatic rings. The van der Waals surface area contributed by atoms with Gasteiger partial charge in [-0.1, -0.05) is 0 Å². The van der Waals surface area contributed by atoms with E-state index in [4.69, 9.17) is 0 Å². The molecule has 0 aliphatic rings. The molecule has 0 radical (unpaired) electrons. The zero-order valence-electron chi connectivity index (χ0n) is 6.62. The smallest absolute Gasteiger partial charge is 0.0381 e. The van der Waals surface area contributed by atoms with Crippen LogP contribution in [0.25, 0.3) is 12.2 Å². The molecule has 12 heavy (non-hydrogen) atoms. The SMILES string of the molecule is C(=Cc1ccc[nH]1)c1ccc[nH]1. The summed E-state index contributed by atoms with van der Waals surface area (Å²) in [5.41, 5.74) is 2.23. The molecule has 0 bridgehead atoms. The highest BCUT2D eigenvalue weighted by molar-refractivity contribution is 5.66. The molecule has 0 saturated carbocycles. The quantitative estimate of drug-likeness (QED) is 0.673. The summed E-state index contributed by atoms with van der Waals surface area (Å²) in [5, 5.41) is 0. The number of aromatic nitrogens is 2. The molecule has 60 valence electrons. The van der Waals surface area contributed by atoms with Crippen LogP contribution in [-0.2, 0) is 0 Å². The Hall–Kier alpha value is -1.70. The Morgan fingerprint density at radius 3 is 1.67 bits per heavy atom. The largest absolute Gasteiger partial charge is 0.362 e. The van der Waals surface area contributed by atoms with Gasteiger partial charge >= 0.3 is 0 Å². The van der Waals surface area contributed by atoms with Crippen LogP contribution < -0.4 is 0 Å². The Kier molecular flexibility index (Phi) is 1.82. The summed E-state index contributed by atoms with van der Waals surface area (Å²) in [6.45, 7) is 0. The summed E-state index contributed by atoms with van der Waals surface area (Å²) in [4.78, 5) is 6.20. The number of hydrogen-bond acceptors (Lipinski definition) is 0. The highest BCUT2D eigenvalue weighted by Crippen LogP contribution is 2.03. The van der Waals surface area contributed by atoms with Gasteiger partial charge in [-0.05, 0) is 36.4 Å². The summed E-state index contributed by atoms with van der Waals surface area (Å²) in [6.07, 6.45) is 7.89. The summed E-state index contributed by atoms with van der Waals surface area (Å²) in [6, 6.07) is 8.02. The predicted molar refractivity (Wildman–Crippen MR) is 50.5 cm³/mol. The van der Waals surface area contributed by atoms with Gasteiger partial charge in [0.2, 0.25) is 0 Å². The van der Waals surface area contributed by atoms with Crippen LogP contribution in [0.2, 0.25) is 0 Å². The topological polar surface area (TPSA) is 31.6 Å². The zero-order chi connectivity index (χ0) is 8.23. The highest BCUT2D eigenvalue weighted by Gasteiger charge is 1.85. The second-order valence-electron chi connectivity index (χ2n) is 2.58. The van der Waals surface area contributed by atoms with E-state index in [1.807, 2.05) is 48.8 Å². The van der Waals surface area contributed by atoms with Gasteiger partial charge in [-0.2, -0.15) is 0 Å². The minimum atomic E-state index is 1.12. The lowest BCUT2D eigenvalue weighted by Gasteiger charge is -1.84. The van der Waals surface area contributed by atoms with Gasteiger partial charge in [0.25, 0.3) is 0 Å². The first-order chi connectivity index (χ1) is 5.95. The third kappa shape index (κ3) is 1.48. The van der Waals surface area contributed by atoms with Gasteiger partial charge in [-0.3, -0.25) is 0 Å². The van der Waals surface area contributed by atoms with E-state index < -0.39 is 0 Å². The van der Waals surface area contributed by atoms with Crippen molar-refractivity contribution in [3.63, 3.8) is 0 Å². The van der Waals surface area contributed by atoms with Crippen molar-refractivity contribution >= 4 is 12.2 Å². The lowest BCUT2D eigenvalue weighted by Crippen LogP contribution is -1.69. The second kappa shape index (κ2) is 3.13. The van der Waals surface area contributed by atoms with Crippen LogP contribution in [0, 0.1) is 0 Å². The first-order valence-electron chi connectivity index (χ1n) is 3.90. The maximum atomic E-state index is 3.10. The third-order valence-corrected chi connectivity index (χ3v) is 1.69. The van der Waals surface area contributed by atoms with E-state index >= 15 is 0 Å². The van der Waals surface area contributed by atoms with Gasteiger partial charge < -0.3 is 9.97 Å². The Balaban J connectivity index is 2.14. The minimum Gasteiger partial charge on any atom is -0.362 e. The zero-order valence-corrected chi connectivity index (χ0v) is 6.62. The van der Waals surface area contributed by atoms with Gasteiger partial charge in [-0.15, -0.1) is 0 Å². The molecular formula is C10H10N2. The van der Waals surface area contributed by atoms with Crippen LogP contribution >= 0.6 is 0 Å². The molecule has 0 atom stereocenters. The minimum absolute atomic E-state index is 1.12. The fourth-order valence-electron chi connectivity index (χ4n) is 1.08.